The van der Waals surface area contributed by atoms with Gasteiger partial charge in [0.1, 0.15) is 5.75 Å². The second-order valence-corrected chi connectivity index (χ2v) is 3.63. The number of benzene rings is 1. The zero-order chi connectivity index (χ0) is 10.7. The summed E-state index contributed by atoms with van der Waals surface area (Å²) in [5, 5.41) is 1.09. The fourth-order valence-corrected chi connectivity index (χ4v) is 1.60. The third kappa shape index (κ3) is 2.09. The van der Waals surface area contributed by atoms with Gasteiger partial charge in [0, 0.05) is 17.1 Å². The minimum absolute atomic E-state index is 0.757. The highest BCUT2D eigenvalue weighted by Gasteiger charge is 2.03. The summed E-state index contributed by atoms with van der Waals surface area (Å²) in [6.07, 6.45) is 1.02. The number of pyridine rings is 1. The Morgan fingerprint density at radius 3 is 2.87 bits per heavy atom. The third-order valence-corrected chi connectivity index (χ3v) is 2.27. The SMILES string of the molecule is CCCOc1cc(C)nc2ccccc12. The molecule has 0 bridgehead atoms. The molecule has 1 heterocycles. The summed E-state index contributed by atoms with van der Waals surface area (Å²) in [5.41, 5.74) is 2.00. The summed E-state index contributed by atoms with van der Waals surface area (Å²) in [4.78, 5) is 4.46. The number of nitrogens with zero attached hydrogens (tertiary/aromatic N) is 1. The van der Waals surface area contributed by atoms with E-state index in [2.05, 4.69) is 11.9 Å². The van der Waals surface area contributed by atoms with E-state index in [1.54, 1.807) is 0 Å². The molecule has 15 heavy (non-hydrogen) atoms. The van der Waals surface area contributed by atoms with Gasteiger partial charge in [-0.25, -0.2) is 0 Å². The molecule has 2 nitrogen and oxygen atoms in total. The minimum Gasteiger partial charge on any atom is -0.493 e. The monoisotopic (exact) mass is 201 g/mol. The molecular weight excluding hydrogens is 186 g/mol. The van der Waals surface area contributed by atoms with Crippen LogP contribution in [0, 0.1) is 6.92 Å². The van der Waals surface area contributed by atoms with E-state index in [9.17, 15) is 0 Å². The van der Waals surface area contributed by atoms with Crippen molar-refractivity contribution in [1.82, 2.24) is 4.98 Å². The first-order valence-corrected chi connectivity index (χ1v) is 5.30. The molecule has 0 atom stereocenters. The summed E-state index contributed by atoms with van der Waals surface area (Å²) >= 11 is 0. The van der Waals surface area contributed by atoms with Crippen molar-refractivity contribution >= 4 is 10.9 Å². The maximum Gasteiger partial charge on any atom is 0.130 e. The molecule has 0 spiro atoms. The lowest BCUT2D eigenvalue weighted by molar-refractivity contribution is 0.321. The third-order valence-electron chi connectivity index (χ3n) is 2.27. The zero-order valence-electron chi connectivity index (χ0n) is 9.16. The van der Waals surface area contributed by atoms with Crippen LogP contribution in [-0.4, -0.2) is 11.6 Å². The van der Waals surface area contributed by atoms with Crippen molar-refractivity contribution in [2.75, 3.05) is 6.61 Å². The van der Waals surface area contributed by atoms with Crippen LogP contribution in [0.3, 0.4) is 0 Å². The number of para-hydroxylation sites is 1. The molecule has 0 radical (unpaired) electrons. The van der Waals surface area contributed by atoms with E-state index in [4.69, 9.17) is 4.74 Å². The van der Waals surface area contributed by atoms with Crippen LogP contribution in [-0.2, 0) is 0 Å². The second kappa shape index (κ2) is 4.30. The van der Waals surface area contributed by atoms with Gasteiger partial charge in [0.2, 0.25) is 0 Å². The topological polar surface area (TPSA) is 22.1 Å². The predicted molar refractivity (Wildman–Crippen MR) is 62.3 cm³/mol. The molecule has 0 aliphatic heterocycles. The first-order valence-electron chi connectivity index (χ1n) is 5.30. The molecule has 0 saturated heterocycles. The Morgan fingerprint density at radius 2 is 2.07 bits per heavy atom. The molecule has 0 unspecified atom stereocenters. The second-order valence-electron chi connectivity index (χ2n) is 3.63. The molecule has 1 aromatic carbocycles. The van der Waals surface area contributed by atoms with Gasteiger partial charge < -0.3 is 4.74 Å². The van der Waals surface area contributed by atoms with Crippen molar-refractivity contribution in [2.45, 2.75) is 20.3 Å². The molecule has 78 valence electrons. The number of hydrogen-bond donors (Lipinski definition) is 0. The zero-order valence-corrected chi connectivity index (χ0v) is 9.16. The number of fused-ring (bicyclic) bond motifs is 1. The van der Waals surface area contributed by atoms with Gasteiger partial charge in [-0.1, -0.05) is 19.1 Å². The van der Waals surface area contributed by atoms with Crippen molar-refractivity contribution in [1.29, 1.82) is 0 Å². The van der Waals surface area contributed by atoms with Gasteiger partial charge in [0.05, 0.1) is 12.1 Å². The van der Waals surface area contributed by atoms with Crippen molar-refractivity contribution in [3.05, 3.63) is 36.0 Å². The highest BCUT2D eigenvalue weighted by Crippen LogP contribution is 2.25. The lowest BCUT2D eigenvalue weighted by atomic mass is 10.2. The summed E-state index contributed by atoms with van der Waals surface area (Å²) < 4.78 is 5.71. The van der Waals surface area contributed by atoms with Crippen LogP contribution in [0.25, 0.3) is 10.9 Å². The lowest BCUT2D eigenvalue weighted by Gasteiger charge is -2.08. The van der Waals surface area contributed by atoms with Crippen molar-refractivity contribution in [3.8, 4) is 5.75 Å². The number of rotatable bonds is 3. The quantitative estimate of drug-likeness (QED) is 0.759. The van der Waals surface area contributed by atoms with Crippen LogP contribution in [0.15, 0.2) is 30.3 Å². The smallest absolute Gasteiger partial charge is 0.130 e. The highest BCUT2D eigenvalue weighted by atomic mass is 16.5. The van der Waals surface area contributed by atoms with E-state index in [0.29, 0.717) is 0 Å². The van der Waals surface area contributed by atoms with Gasteiger partial charge in [-0.3, -0.25) is 4.98 Å². The first kappa shape index (κ1) is 9.97. The molecule has 0 fully saturated rings. The molecular formula is C13H15NO. The standard InChI is InChI=1S/C13H15NO/c1-3-8-15-13-9-10(2)14-12-7-5-4-6-11(12)13/h4-7,9H,3,8H2,1-2H3. The molecule has 0 aliphatic rings. The van der Waals surface area contributed by atoms with Gasteiger partial charge in [-0.2, -0.15) is 0 Å². The maximum atomic E-state index is 5.71. The van der Waals surface area contributed by atoms with Gasteiger partial charge in [-0.05, 0) is 25.5 Å². The van der Waals surface area contributed by atoms with E-state index in [0.717, 1.165) is 35.4 Å². The van der Waals surface area contributed by atoms with Gasteiger partial charge in [-0.15, -0.1) is 0 Å². The van der Waals surface area contributed by atoms with Crippen molar-refractivity contribution in [2.24, 2.45) is 0 Å². The van der Waals surface area contributed by atoms with Crippen molar-refractivity contribution in [3.63, 3.8) is 0 Å². The van der Waals surface area contributed by atoms with E-state index < -0.39 is 0 Å². The predicted octanol–water partition coefficient (Wildman–Crippen LogP) is 3.33. The molecule has 2 rings (SSSR count). The molecule has 2 aromatic rings. The molecule has 0 saturated carbocycles. The van der Waals surface area contributed by atoms with Crippen LogP contribution >= 0.6 is 0 Å². The Labute approximate surface area is 89.9 Å². The summed E-state index contributed by atoms with van der Waals surface area (Å²) in [6, 6.07) is 10.1. The Morgan fingerprint density at radius 1 is 1.27 bits per heavy atom. The number of hydrogen-bond acceptors (Lipinski definition) is 2. The van der Waals surface area contributed by atoms with E-state index in [-0.39, 0.29) is 0 Å². The van der Waals surface area contributed by atoms with Gasteiger partial charge in [0.15, 0.2) is 0 Å². The van der Waals surface area contributed by atoms with E-state index >= 15 is 0 Å². The van der Waals surface area contributed by atoms with Crippen LogP contribution in [0.4, 0.5) is 0 Å². The Bertz CT molecular complexity index is 465. The van der Waals surface area contributed by atoms with Gasteiger partial charge >= 0.3 is 0 Å². The van der Waals surface area contributed by atoms with Crippen LogP contribution < -0.4 is 4.74 Å². The van der Waals surface area contributed by atoms with Crippen LogP contribution in [0.2, 0.25) is 0 Å². The van der Waals surface area contributed by atoms with Gasteiger partial charge in [0.25, 0.3) is 0 Å². The fraction of sp³-hybridized carbons (Fsp3) is 0.308. The van der Waals surface area contributed by atoms with E-state index in [1.165, 1.54) is 0 Å². The Balaban J connectivity index is 2.50. The molecule has 1 aromatic heterocycles. The number of aryl methyl sites for hydroxylation is 1. The Kier molecular flexibility index (Phi) is 2.86. The summed E-state index contributed by atoms with van der Waals surface area (Å²) in [6.45, 7) is 4.86. The lowest BCUT2D eigenvalue weighted by Crippen LogP contribution is -1.97. The Hall–Kier alpha value is -1.57. The largest absolute Gasteiger partial charge is 0.493 e. The summed E-state index contributed by atoms with van der Waals surface area (Å²) in [7, 11) is 0. The first-order chi connectivity index (χ1) is 7.31. The van der Waals surface area contributed by atoms with Crippen molar-refractivity contribution < 1.29 is 4.74 Å². The van der Waals surface area contributed by atoms with Crippen LogP contribution in [0.1, 0.15) is 19.0 Å². The average Bonchev–Trinajstić information content (AvgIpc) is 2.25. The molecule has 0 N–H and O–H groups in total. The minimum atomic E-state index is 0.757. The van der Waals surface area contributed by atoms with Crippen LogP contribution in [0.5, 0.6) is 5.75 Å². The normalized spacial score (nSPS) is 10.5. The maximum absolute atomic E-state index is 5.71. The number of ether oxygens (including phenoxy) is 1. The highest BCUT2D eigenvalue weighted by molar-refractivity contribution is 5.85. The molecule has 0 aliphatic carbocycles. The average molecular weight is 201 g/mol. The molecule has 0 amide bonds. The number of aromatic nitrogens is 1. The van der Waals surface area contributed by atoms with E-state index in [1.807, 2.05) is 37.3 Å². The summed E-state index contributed by atoms with van der Waals surface area (Å²) in [5.74, 6) is 0.944. The fourth-order valence-electron chi connectivity index (χ4n) is 1.60. The molecule has 2 heteroatoms.